The Morgan fingerprint density at radius 1 is 0.615 bits per heavy atom. The summed E-state index contributed by atoms with van der Waals surface area (Å²) in [4.78, 5) is 85.0. The lowest BCUT2D eigenvalue weighted by molar-refractivity contribution is -0.154. The van der Waals surface area contributed by atoms with Crippen LogP contribution in [0.5, 0.6) is 0 Å². The molecule has 0 rings (SSSR count). The van der Waals surface area contributed by atoms with Gasteiger partial charge in [-0.25, -0.2) is 14.4 Å². The van der Waals surface area contributed by atoms with E-state index in [1.54, 1.807) is 20.8 Å². The molecule has 16 nitrogen and oxygen atoms in total. The molecule has 386 valence electrons. The van der Waals surface area contributed by atoms with E-state index >= 15 is 0 Å². The molecule has 2 N–H and O–H groups in total. The molecule has 0 heterocycles. The molecule has 0 spiro atoms. The summed E-state index contributed by atoms with van der Waals surface area (Å²) in [5.74, 6) is -3.40. The quantitative estimate of drug-likeness (QED) is 0.0319. The normalized spacial score (nSPS) is 9.75. The van der Waals surface area contributed by atoms with Gasteiger partial charge in [-0.15, -0.1) is 0 Å². The van der Waals surface area contributed by atoms with Crippen LogP contribution in [-0.4, -0.2) is 98.6 Å². The Labute approximate surface area is 394 Å². The number of unbranched alkanes of at least 4 members (excludes halogenated alkanes) is 4. The van der Waals surface area contributed by atoms with Crippen molar-refractivity contribution >= 4 is 47.8 Å². The number of methoxy groups -OCH3 is 2. The van der Waals surface area contributed by atoms with Crippen LogP contribution in [0.1, 0.15) is 169 Å². The van der Waals surface area contributed by atoms with Crippen LogP contribution < -0.4 is 0 Å². The monoisotopic (exact) mass is 938 g/mol. The molecule has 0 saturated carbocycles. The van der Waals surface area contributed by atoms with E-state index in [1.165, 1.54) is 21.1 Å². The number of aliphatic carboxylic acids is 2. The van der Waals surface area contributed by atoms with E-state index < -0.39 is 23.3 Å². The standard InChI is InChI=1S/C13H24O4.C11H18O4.C7H14O2.C6H12O2.C5H8O2.C4H6O2.2CH4.CH3/c1-4-6-7-8-12(14)16-9-10-17-13(15)11(3)5-2;1-3-5-6-7-11(13)15-9-8-14-10(12)4-2;1-5-7(2,3)6(8)9-4;1-4-6(2,3)5(7)8;1-4(2)5(6)7-3;1-3(2)4(5)6;;;/h11H,4-10H2,1-3H3;4H,2-3,5-9H2,1H3;5H2,1-4H3;4H2,1-3H3,(H,7,8);1H2,2-3H3;1H2,2H3,(H,5,6);2*1H4;1H3/q;;;;;;;;-1. The van der Waals surface area contributed by atoms with Gasteiger partial charge in [-0.3, -0.25) is 24.0 Å². The van der Waals surface area contributed by atoms with Crippen LogP contribution in [0.3, 0.4) is 0 Å². The van der Waals surface area contributed by atoms with Gasteiger partial charge in [0.05, 0.1) is 31.0 Å². The van der Waals surface area contributed by atoms with Crippen LogP contribution >= 0.6 is 0 Å². The number of hydrogen-bond acceptors (Lipinski definition) is 14. The van der Waals surface area contributed by atoms with Gasteiger partial charge in [0.15, 0.2) is 0 Å². The molecule has 0 aliphatic carbocycles. The minimum Gasteiger partial charge on any atom is -0.481 e. The van der Waals surface area contributed by atoms with Crippen molar-refractivity contribution in [2.45, 2.75) is 169 Å². The van der Waals surface area contributed by atoms with Crippen molar-refractivity contribution in [1.82, 2.24) is 0 Å². The highest BCUT2D eigenvalue weighted by atomic mass is 16.6. The lowest BCUT2D eigenvalue weighted by Gasteiger charge is -2.17. The molecule has 0 aliphatic rings. The van der Waals surface area contributed by atoms with Crippen molar-refractivity contribution in [2.24, 2.45) is 16.7 Å². The number of carbonyl (C=O) groups is 8. The number of hydrogen-bond donors (Lipinski definition) is 2. The predicted octanol–water partition coefficient (Wildman–Crippen LogP) is 10.7. The smallest absolute Gasteiger partial charge is 0.332 e. The van der Waals surface area contributed by atoms with Crippen LogP contribution in [0.25, 0.3) is 0 Å². The third-order valence-electron chi connectivity index (χ3n) is 8.32. The molecular weight excluding hydrogens is 845 g/mol. The highest BCUT2D eigenvalue weighted by Crippen LogP contribution is 2.20. The van der Waals surface area contributed by atoms with E-state index in [2.05, 4.69) is 47.8 Å². The van der Waals surface area contributed by atoms with Crippen molar-refractivity contribution in [3.8, 4) is 0 Å². The third kappa shape index (κ3) is 59.0. The minimum atomic E-state index is -0.935. The number of carbonyl (C=O) groups excluding carboxylic acids is 6. The number of rotatable bonds is 23. The highest BCUT2D eigenvalue weighted by molar-refractivity contribution is 5.86. The highest BCUT2D eigenvalue weighted by Gasteiger charge is 2.25. The van der Waals surface area contributed by atoms with Crippen LogP contribution in [-0.2, 0) is 66.8 Å². The number of ether oxygens (including phenoxy) is 6. The summed E-state index contributed by atoms with van der Waals surface area (Å²) in [6.07, 6.45) is 10.2. The zero-order valence-electron chi connectivity index (χ0n) is 41.5. The number of esters is 6. The Kier molecular flexibility index (Phi) is 63.7. The van der Waals surface area contributed by atoms with E-state index in [0.29, 0.717) is 24.8 Å². The summed E-state index contributed by atoms with van der Waals surface area (Å²) in [6, 6.07) is 0. The Morgan fingerprint density at radius 2 is 0.985 bits per heavy atom. The summed E-state index contributed by atoms with van der Waals surface area (Å²) in [5.41, 5.74) is -0.244. The second-order valence-corrected chi connectivity index (χ2v) is 14.8. The fraction of sp³-hybridized carbons (Fsp3) is 0.694. The summed E-state index contributed by atoms with van der Waals surface area (Å²) in [5, 5.41) is 16.3. The number of carboxylic acids is 2. The molecule has 16 heteroatoms. The van der Waals surface area contributed by atoms with Gasteiger partial charge >= 0.3 is 47.8 Å². The van der Waals surface area contributed by atoms with Gasteiger partial charge in [0.1, 0.15) is 26.4 Å². The van der Waals surface area contributed by atoms with Crippen LogP contribution in [0.15, 0.2) is 37.0 Å². The SMILES string of the molecule is C.C.C=C(C)C(=O)O.C=C(C)C(=O)OC.C=CC(=O)OCCOC(=O)CCCCC.CCC(C)(C)C(=O)O.CCC(C)(C)C(=O)OC.CCCCCC(=O)OCCOC(=O)C(C)CC.[CH3-]. The molecule has 1 unspecified atom stereocenters. The molecule has 0 amide bonds. The molecule has 1 atom stereocenters. The fourth-order valence-corrected chi connectivity index (χ4v) is 2.89. The van der Waals surface area contributed by atoms with Gasteiger partial charge in [-0.05, 0) is 73.6 Å². The largest absolute Gasteiger partial charge is 0.481 e. The van der Waals surface area contributed by atoms with E-state index in [-0.39, 0.29) is 95.5 Å². The average Bonchev–Trinajstić information content (AvgIpc) is 3.23. The molecule has 0 aromatic heterocycles. The van der Waals surface area contributed by atoms with Crippen molar-refractivity contribution in [3.63, 3.8) is 0 Å². The zero-order chi connectivity index (χ0) is 49.9. The topological polar surface area (TPSA) is 232 Å². The lowest BCUT2D eigenvalue weighted by atomic mass is 9.91. The molecule has 65 heavy (non-hydrogen) atoms. The Balaban J connectivity index is -0.0000000854. The Morgan fingerprint density at radius 3 is 1.20 bits per heavy atom. The van der Waals surface area contributed by atoms with Gasteiger partial charge in [-0.2, -0.15) is 0 Å². The summed E-state index contributed by atoms with van der Waals surface area (Å²) < 4.78 is 28.2. The van der Waals surface area contributed by atoms with Gasteiger partial charge in [0, 0.05) is 30.1 Å². The van der Waals surface area contributed by atoms with Gasteiger partial charge < -0.3 is 46.1 Å². The first-order valence-electron chi connectivity index (χ1n) is 20.9. The van der Waals surface area contributed by atoms with Crippen molar-refractivity contribution in [3.05, 3.63) is 44.4 Å². The molecule has 0 bridgehead atoms. The number of carboxylic acid groups (broad SMARTS) is 2. The lowest BCUT2D eigenvalue weighted by Crippen LogP contribution is -2.24. The summed E-state index contributed by atoms with van der Waals surface area (Å²) in [7, 11) is 2.75. The minimum absolute atomic E-state index is 0. The maximum absolute atomic E-state index is 11.3. The maximum Gasteiger partial charge on any atom is 0.332 e. The van der Waals surface area contributed by atoms with Gasteiger partial charge in [0.25, 0.3) is 0 Å². The second kappa shape index (κ2) is 51.6. The van der Waals surface area contributed by atoms with Gasteiger partial charge in [0.2, 0.25) is 0 Å². The van der Waals surface area contributed by atoms with Crippen LogP contribution in [0.2, 0.25) is 0 Å². The van der Waals surface area contributed by atoms with E-state index in [0.717, 1.165) is 57.4 Å². The Bertz CT molecular complexity index is 1300. The molecule has 0 aliphatic heterocycles. The van der Waals surface area contributed by atoms with E-state index in [4.69, 9.17) is 24.4 Å². The van der Waals surface area contributed by atoms with Crippen LogP contribution in [0, 0.1) is 24.2 Å². The summed E-state index contributed by atoms with van der Waals surface area (Å²) >= 11 is 0. The molecule has 0 aromatic carbocycles. The fourth-order valence-electron chi connectivity index (χ4n) is 2.89. The van der Waals surface area contributed by atoms with Crippen molar-refractivity contribution in [1.29, 1.82) is 0 Å². The molecular formula is C49H93O16-. The van der Waals surface area contributed by atoms with Gasteiger partial charge in [-0.1, -0.05) is 102 Å². The van der Waals surface area contributed by atoms with E-state index in [9.17, 15) is 38.4 Å². The Hall–Kier alpha value is -5.02. The molecule has 0 saturated heterocycles. The molecule has 0 fully saturated rings. The predicted molar refractivity (Wildman–Crippen MR) is 259 cm³/mol. The first-order valence-corrected chi connectivity index (χ1v) is 20.9. The first-order chi connectivity index (χ1) is 28.7. The van der Waals surface area contributed by atoms with Crippen molar-refractivity contribution in [2.75, 3.05) is 40.6 Å². The average molecular weight is 938 g/mol. The molecule has 0 radical (unpaired) electrons. The van der Waals surface area contributed by atoms with Crippen LogP contribution in [0.4, 0.5) is 0 Å². The zero-order valence-corrected chi connectivity index (χ0v) is 41.5. The summed E-state index contributed by atoms with van der Waals surface area (Å²) in [6.45, 7) is 32.2. The maximum atomic E-state index is 11.3. The third-order valence-corrected chi connectivity index (χ3v) is 8.32. The van der Waals surface area contributed by atoms with E-state index in [1.807, 2.05) is 41.5 Å². The first kappa shape index (κ1) is 80.3. The molecule has 0 aromatic rings. The second-order valence-electron chi connectivity index (χ2n) is 14.8. The van der Waals surface area contributed by atoms with Crippen molar-refractivity contribution < 1.29 is 77.0 Å².